The number of ether oxygens (including phenoxy) is 1. The van der Waals surface area contributed by atoms with Gasteiger partial charge in [0.05, 0.1) is 34.5 Å². The van der Waals surface area contributed by atoms with E-state index in [0.29, 0.717) is 28.0 Å². The van der Waals surface area contributed by atoms with Gasteiger partial charge >= 0.3 is 0 Å². The Morgan fingerprint density at radius 1 is 1.48 bits per heavy atom. The van der Waals surface area contributed by atoms with E-state index in [1.54, 1.807) is 12.1 Å². The average Bonchev–Trinajstić information content (AvgIpc) is 2.41. The van der Waals surface area contributed by atoms with Crippen molar-refractivity contribution in [3.63, 3.8) is 0 Å². The summed E-state index contributed by atoms with van der Waals surface area (Å²) in [5, 5.41) is 3.44. The molecule has 0 saturated carbocycles. The first kappa shape index (κ1) is 16.4. The van der Waals surface area contributed by atoms with E-state index in [2.05, 4.69) is 10.2 Å². The Hall–Kier alpha value is -1.01. The van der Waals surface area contributed by atoms with Gasteiger partial charge in [-0.05, 0) is 26.0 Å². The summed E-state index contributed by atoms with van der Waals surface area (Å²) in [7, 11) is 0. The molecule has 0 aliphatic carbocycles. The van der Waals surface area contributed by atoms with Crippen LogP contribution >= 0.6 is 23.2 Å². The van der Waals surface area contributed by atoms with Crippen molar-refractivity contribution in [1.29, 1.82) is 0 Å². The number of nitrogens with one attached hydrogen (secondary N) is 1. The van der Waals surface area contributed by atoms with Crippen molar-refractivity contribution in [3.05, 3.63) is 22.2 Å². The number of nitrogen functional groups attached to an aromatic ring is 1. The fraction of sp³-hybridized carbons (Fsp3) is 0.500. The van der Waals surface area contributed by atoms with Crippen molar-refractivity contribution in [1.82, 2.24) is 4.90 Å². The van der Waals surface area contributed by atoms with E-state index < -0.39 is 0 Å². The maximum absolute atomic E-state index is 12.4. The van der Waals surface area contributed by atoms with E-state index in [4.69, 9.17) is 33.7 Å². The molecule has 2 rings (SSSR count). The topological polar surface area (TPSA) is 67.6 Å². The highest BCUT2D eigenvalue weighted by Gasteiger charge is 2.26. The molecule has 1 fully saturated rings. The van der Waals surface area contributed by atoms with Crippen LogP contribution in [0.15, 0.2) is 12.1 Å². The molecular weight excluding hydrogens is 313 g/mol. The van der Waals surface area contributed by atoms with Gasteiger partial charge in [-0.1, -0.05) is 23.2 Å². The van der Waals surface area contributed by atoms with Gasteiger partial charge in [0, 0.05) is 18.8 Å². The van der Waals surface area contributed by atoms with Gasteiger partial charge in [0.1, 0.15) is 0 Å². The van der Waals surface area contributed by atoms with Crippen molar-refractivity contribution in [2.75, 3.05) is 30.7 Å². The van der Waals surface area contributed by atoms with Crippen molar-refractivity contribution >= 4 is 40.5 Å². The van der Waals surface area contributed by atoms with Gasteiger partial charge in [0.2, 0.25) is 5.91 Å². The molecule has 1 aromatic rings. The van der Waals surface area contributed by atoms with Gasteiger partial charge < -0.3 is 15.8 Å². The number of anilines is 2. The van der Waals surface area contributed by atoms with E-state index in [-0.39, 0.29) is 18.1 Å². The molecule has 7 heteroatoms. The van der Waals surface area contributed by atoms with E-state index >= 15 is 0 Å². The molecule has 21 heavy (non-hydrogen) atoms. The Kier molecular flexibility index (Phi) is 5.32. The highest BCUT2D eigenvalue weighted by Crippen LogP contribution is 2.33. The zero-order chi connectivity index (χ0) is 15.6. The van der Waals surface area contributed by atoms with Crippen LogP contribution in [0.25, 0.3) is 0 Å². The summed E-state index contributed by atoms with van der Waals surface area (Å²) in [6, 6.07) is 2.83. The molecule has 1 aliphatic rings. The summed E-state index contributed by atoms with van der Waals surface area (Å²) in [5.41, 5.74) is 6.50. The second-order valence-electron chi connectivity index (χ2n) is 5.20. The lowest BCUT2D eigenvalue weighted by atomic mass is 10.2. The summed E-state index contributed by atoms with van der Waals surface area (Å²) in [4.78, 5) is 14.4. The molecule has 1 heterocycles. The minimum atomic E-state index is -0.291. The first-order chi connectivity index (χ1) is 9.88. The Morgan fingerprint density at radius 3 is 2.67 bits per heavy atom. The van der Waals surface area contributed by atoms with Crippen LogP contribution < -0.4 is 11.1 Å². The van der Waals surface area contributed by atoms with Crippen LogP contribution in [0.4, 0.5) is 11.4 Å². The van der Waals surface area contributed by atoms with Crippen LogP contribution in [0.3, 0.4) is 0 Å². The van der Waals surface area contributed by atoms with Gasteiger partial charge in [-0.3, -0.25) is 9.69 Å². The third-order valence-corrected chi connectivity index (χ3v) is 4.11. The quantitative estimate of drug-likeness (QED) is 0.835. The third kappa shape index (κ3) is 4.01. The van der Waals surface area contributed by atoms with Gasteiger partial charge in [-0.25, -0.2) is 0 Å². The third-order valence-electron chi connectivity index (χ3n) is 3.51. The van der Waals surface area contributed by atoms with Crippen molar-refractivity contribution in [2.24, 2.45) is 0 Å². The maximum atomic E-state index is 12.4. The van der Waals surface area contributed by atoms with Crippen LogP contribution in [0.5, 0.6) is 0 Å². The monoisotopic (exact) mass is 331 g/mol. The fourth-order valence-electron chi connectivity index (χ4n) is 2.30. The number of nitrogens with zero attached hydrogens (tertiary/aromatic N) is 1. The van der Waals surface area contributed by atoms with E-state index in [0.717, 1.165) is 13.1 Å². The number of amides is 1. The smallest absolute Gasteiger partial charge is 0.241 e. The lowest BCUT2D eigenvalue weighted by molar-refractivity contribution is -0.123. The first-order valence-corrected chi connectivity index (χ1v) is 7.55. The Balaban J connectivity index is 2.07. The Morgan fingerprint density at radius 2 is 2.10 bits per heavy atom. The molecular formula is C14H19Cl2N3O2. The normalized spacial score (nSPS) is 21.0. The van der Waals surface area contributed by atoms with Gasteiger partial charge in [-0.15, -0.1) is 0 Å². The average molecular weight is 332 g/mol. The number of halogens is 2. The van der Waals surface area contributed by atoms with Crippen LogP contribution in [0.1, 0.15) is 13.8 Å². The maximum Gasteiger partial charge on any atom is 0.241 e. The number of nitrogens with two attached hydrogens (primary N) is 1. The van der Waals surface area contributed by atoms with Gasteiger partial charge in [0.15, 0.2) is 0 Å². The number of morpholine rings is 1. The molecule has 1 saturated heterocycles. The number of hydrogen-bond acceptors (Lipinski definition) is 4. The highest BCUT2D eigenvalue weighted by atomic mass is 35.5. The molecule has 1 aliphatic heterocycles. The Labute approximate surface area is 134 Å². The molecule has 116 valence electrons. The number of carbonyl (C=O) groups excluding carboxylic acids is 1. The van der Waals surface area contributed by atoms with E-state index in [1.165, 1.54) is 0 Å². The van der Waals surface area contributed by atoms with E-state index in [1.807, 2.05) is 13.8 Å². The Bertz CT molecular complexity index is 516. The second-order valence-corrected chi connectivity index (χ2v) is 6.02. The molecule has 0 spiro atoms. The molecule has 1 amide bonds. The molecule has 3 N–H and O–H groups in total. The van der Waals surface area contributed by atoms with Crippen LogP contribution in [0, 0.1) is 0 Å². The predicted octanol–water partition coefficient (Wildman–Crippen LogP) is 2.62. The van der Waals surface area contributed by atoms with Crippen molar-refractivity contribution in [3.8, 4) is 0 Å². The van der Waals surface area contributed by atoms with Crippen molar-refractivity contribution < 1.29 is 9.53 Å². The summed E-state index contributed by atoms with van der Waals surface area (Å²) >= 11 is 12.2. The zero-order valence-electron chi connectivity index (χ0n) is 12.0. The molecule has 0 bridgehead atoms. The fourth-order valence-corrected chi connectivity index (χ4v) is 2.90. The van der Waals surface area contributed by atoms with Crippen LogP contribution in [0.2, 0.25) is 10.0 Å². The van der Waals surface area contributed by atoms with Crippen LogP contribution in [-0.4, -0.2) is 42.6 Å². The van der Waals surface area contributed by atoms with Crippen molar-refractivity contribution in [2.45, 2.75) is 26.0 Å². The van der Waals surface area contributed by atoms with Gasteiger partial charge in [0.25, 0.3) is 0 Å². The largest absolute Gasteiger partial charge is 0.399 e. The second kappa shape index (κ2) is 6.83. The molecule has 2 unspecified atom stereocenters. The highest BCUT2D eigenvalue weighted by molar-refractivity contribution is 6.40. The lowest BCUT2D eigenvalue weighted by Crippen LogP contribution is -2.50. The molecule has 2 atom stereocenters. The number of hydrogen-bond donors (Lipinski definition) is 2. The summed E-state index contributed by atoms with van der Waals surface area (Å²) in [5.74, 6) is -0.155. The van der Waals surface area contributed by atoms with Gasteiger partial charge in [-0.2, -0.15) is 0 Å². The standard InChI is InChI=1S/C14H19Cl2N3O2/c1-8-7-19(3-4-21-8)9(2)14(20)18-13-11(15)5-10(17)6-12(13)16/h5-6,8-9H,3-4,7,17H2,1-2H3,(H,18,20). The number of carbonyl (C=O) groups is 1. The summed E-state index contributed by atoms with van der Waals surface area (Å²) < 4.78 is 5.48. The molecule has 0 radical (unpaired) electrons. The number of benzene rings is 1. The summed E-state index contributed by atoms with van der Waals surface area (Å²) in [6.45, 7) is 5.92. The van der Waals surface area contributed by atoms with E-state index in [9.17, 15) is 4.79 Å². The first-order valence-electron chi connectivity index (χ1n) is 6.79. The molecule has 5 nitrogen and oxygen atoms in total. The minimum Gasteiger partial charge on any atom is -0.399 e. The zero-order valence-corrected chi connectivity index (χ0v) is 13.5. The summed E-state index contributed by atoms with van der Waals surface area (Å²) in [6.07, 6.45) is 0.123. The SMILES string of the molecule is CC1CN(C(C)C(=O)Nc2c(Cl)cc(N)cc2Cl)CCO1. The van der Waals surface area contributed by atoms with Crippen LogP contribution in [-0.2, 0) is 9.53 Å². The predicted molar refractivity (Wildman–Crippen MR) is 86.0 cm³/mol. The molecule has 1 aromatic carbocycles. The molecule has 0 aromatic heterocycles. The minimum absolute atomic E-state index is 0.123. The lowest BCUT2D eigenvalue weighted by Gasteiger charge is -2.34. The number of rotatable bonds is 3.